The number of halogens is 1. The second kappa shape index (κ2) is 9.39. The molecule has 0 aromatic heterocycles. The van der Waals surface area contributed by atoms with Gasteiger partial charge in [-0.1, -0.05) is 6.92 Å². The molecule has 0 aromatic rings. The first-order valence-corrected chi connectivity index (χ1v) is 9.55. The summed E-state index contributed by atoms with van der Waals surface area (Å²) in [5.41, 5.74) is 0.120. The Morgan fingerprint density at radius 2 is 2.24 bits per heavy atom. The molecule has 1 spiro atoms. The molecule has 0 aromatic carbocycles. The predicted molar refractivity (Wildman–Crippen MR) is 112 cm³/mol. The molecular weight excluding hydrogens is 429 g/mol. The van der Waals surface area contributed by atoms with Crippen molar-refractivity contribution < 1.29 is 4.79 Å². The Bertz CT molecular complexity index is 486. The van der Waals surface area contributed by atoms with Gasteiger partial charge in [-0.25, -0.2) is 0 Å². The molecule has 2 unspecified atom stereocenters. The largest absolute Gasteiger partial charge is 0.355 e. The Kier molecular flexibility index (Phi) is 7.79. The molecule has 3 heterocycles. The lowest BCUT2D eigenvalue weighted by Gasteiger charge is -2.41. The molecule has 2 atom stereocenters. The van der Waals surface area contributed by atoms with Crippen molar-refractivity contribution in [3.63, 3.8) is 0 Å². The van der Waals surface area contributed by atoms with Gasteiger partial charge in [0.15, 0.2) is 5.96 Å². The van der Waals surface area contributed by atoms with Crippen LogP contribution in [-0.2, 0) is 4.79 Å². The van der Waals surface area contributed by atoms with Crippen LogP contribution in [0.15, 0.2) is 4.99 Å². The van der Waals surface area contributed by atoms with Gasteiger partial charge in [0.05, 0.1) is 0 Å². The second-order valence-electron chi connectivity index (χ2n) is 8.00. The van der Waals surface area contributed by atoms with Gasteiger partial charge in [-0.3, -0.25) is 9.79 Å². The first kappa shape index (κ1) is 20.7. The minimum atomic E-state index is 0. The minimum Gasteiger partial charge on any atom is -0.355 e. The number of aliphatic imine (C=N–C) groups is 1. The van der Waals surface area contributed by atoms with Crippen LogP contribution in [0.1, 0.15) is 39.0 Å². The molecule has 0 bridgehead atoms. The van der Waals surface area contributed by atoms with Crippen molar-refractivity contribution in [3.05, 3.63) is 0 Å². The number of nitrogens with one attached hydrogen (secondary N) is 2. The zero-order valence-electron chi connectivity index (χ0n) is 15.7. The summed E-state index contributed by atoms with van der Waals surface area (Å²) in [4.78, 5) is 21.1. The van der Waals surface area contributed by atoms with E-state index in [-0.39, 0.29) is 35.3 Å². The van der Waals surface area contributed by atoms with Crippen LogP contribution in [0.3, 0.4) is 0 Å². The smallest absolute Gasteiger partial charge is 0.220 e. The van der Waals surface area contributed by atoms with Gasteiger partial charge in [0.25, 0.3) is 0 Å². The number of carbonyl (C=O) groups excluding carboxylic acids is 1. The molecule has 3 aliphatic rings. The SMILES string of the molecule is CN=C(NCCN1CCCC(C)C1)N1CCCC2(CNC(=O)C2)C1.I. The molecule has 25 heavy (non-hydrogen) atoms. The van der Waals surface area contributed by atoms with Crippen molar-refractivity contribution >= 4 is 35.8 Å². The summed E-state index contributed by atoms with van der Waals surface area (Å²) in [7, 11) is 1.87. The Morgan fingerprint density at radius 1 is 1.40 bits per heavy atom. The average Bonchev–Trinajstić information content (AvgIpc) is 2.92. The fourth-order valence-electron chi connectivity index (χ4n) is 4.58. The monoisotopic (exact) mass is 463 g/mol. The third-order valence-corrected chi connectivity index (χ3v) is 5.82. The maximum Gasteiger partial charge on any atom is 0.220 e. The third kappa shape index (κ3) is 5.45. The molecule has 3 aliphatic heterocycles. The third-order valence-electron chi connectivity index (χ3n) is 5.82. The van der Waals surface area contributed by atoms with E-state index in [1.165, 1.54) is 25.9 Å². The van der Waals surface area contributed by atoms with Gasteiger partial charge in [0, 0.05) is 58.2 Å². The number of hydrogen-bond donors (Lipinski definition) is 2. The van der Waals surface area contributed by atoms with Crippen LogP contribution < -0.4 is 10.6 Å². The zero-order chi connectivity index (χ0) is 17.0. The number of piperidine rings is 2. The topological polar surface area (TPSA) is 60.0 Å². The second-order valence-corrected chi connectivity index (χ2v) is 8.00. The van der Waals surface area contributed by atoms with Gasteiger partial charge < -0.3 is 20.4 Å². The Balaban J connectivity index is 0.00000225. The highest BCUT2D eigenvalue weighted by Crippen LogP contribution is 2.35. The summed E-state index contributed by atoms with van der Waals surface area (Å²) in [6.07, 6.45) is 5.65. The molecule has 3 rings (SSSR count). The average molecular weight is 463 g/mol. The lowest BCUT2D eigenvalue weighted by molar-refractivity contribution is -0.119. The summed E-state index contributed by atoms with van der Waals surface area (Å²) >= 11 is 0. The van der Waals surface area contributed by atoms with Gasteiger partial charge in [0.1, 0.15) is 0 Å². The van der Waals surface area contributed by atoms with Gasteiger partial charge in [0.2, 0.25) is 5.91 Å². The maximum atomic E-state index is 11.7. The van der Waals surface area contributed by atoms with E-state index in [4.69, 9.17) is 0 Å². The van der Waals surface area contributed by atoms with E-state index in [9.17, 15) is 4.79 Å². The van der Waals surface area contributed by atoms with Crippen molar-refractivity contribution in [3.8, 4) is 0 Å². The van der Waals surface area contributed by atoms with Crippen molar-refractivity contribution in [1.29, 1.82) is 0 Å². The van der Waals surface area contributed by atoms with E-state index in [0.29, 0.717) is 6.42 Å². The Morgan fingerprint density at radius 3 is 2.92 bits per heavy atom. The minimum absolute atomic E-state index is 0. The van der Waals surface area contributed by atoms with Crippen LogP contribution in [0, 0.1) is 11.3 Å². The van der Waals surface area contributed by atoms with Crippen LogP contribution >= 0.6 is 24.0 Å². The number of guanidine groups is 1. The number of hydrogen-bond acceptors (Lipinski definition) is 3. The molecule has 2 N–H and O–H groups in total. The standard InChI is InChI=1S/C18H33N5O.HI/c1-15-5-3-8-22(12-15)10-7-20-17(19-2)23-9-4-6-18(14-23)11-16(24)21-13-18;/h15H,3-14H2,1-2H3,(H,19,20)(H,21,24);1H. The van der Waals surface area contributed by atoms with E-state index >= 15 is 0 Å². The van der Waals surface area contributed by atoms with E-state index in [1.807, 2.05) is 7.05 Å². The van der Waals surface area contributed by atoms with Gasteiger partial charge in [-0.15, -0.1) is 24.0 Å². The van der Waals surface area contributed by atoms with E-state index in [0.717, 1.165) is 57.4 Å². The van der Waals surface area contributed by atoms with E-state index < -0.39 is 0 Å². The van der Waals surface area contributed by atoms with Crippen LogP contribution in [0.5, 0.6) is 0 Å². The van der Waals surface area contributed by atoms with Crippen molar-refractivity contribution in [2.45, 2.75) is 39.0 Å². The number of rotatable bonds is 3. The van der Waals surface area contributed by atoms with Gasteiger partial charge >= 0.3 is 0 Å². The van der Waals surface area contributed by atoms with Crippen molar-refractivity contribution in [2.75, 3.05) is 52.9 Å². The molecule has 144 valence electrons. The summed E-state index contributed by atoms with van der Waals surface area (Å²) < 4.78 is 0. The first-order chi connectivity index (χ1) is 11.6. The number of carbonyl (C=O) groups is 1. The fraction of sp³-hybridized carbons (Fsp3) is 0.889. The quantitative estimate of drug-likeness (QED) is 0.379. The fourth-order valence-corrected chi connectivity index (χ4v) is 4.58. The summed E-state index contributed by atoms with van der Waals surface area (Å²) in [6.45, 7) is 9.63. The highest BCUT2D eigenvalue weighted by Gasteiger charge is 2.42. The van der Waals surface area contributed by atoms with Gasteiger partial charge in [-0.2, -0.15) is 0 Å². The molecule has 3 saturated heterocycles. The van der Waals surface area contributed by atoms with Crippen LogP contribution in [-0.4, -0.2) is 74.5 Å². The lowest BCUT2D eigenvalue weighted by atomic mass is 9.79. The molecule has 6 nitrogen and oxygen atoms in total. The number of likely N-dealkylation sites (tertiary alicyclic amines) is 2. The first-order valence-electron chi connectivity index (χ1n) is 9.55. The molecule has 0 saturated carbocycles. The molecular formula is C18H34IN5O. The highest BCUT2D eigenvalue weighted by molar-refractivity contribution is 14.0. The Labute approximate surface area is 169 Å². The number of nitrogens with zero attached hydrogens (tertiary/aromatic N) is 3. The van der Waals surface area contributed by atoms with Crippen molar-refractivity contribution in [2.24, 2.45) is 16.3 Å². The highest BCUT2D eigenvalue weighted by atomic mass is 127. The summed E-state index contributed by atoms with van der Waals surface area (Å²) in [6, 6.07) is 0. The predicted octanol–water partition coefficient (Wildman–Crippen LogP) is 1.51. The number of amides is 1. The molecule has 0 radical (unpaired) electrons. The van der Waals surface area contributed by atoms with E-state index in [2.05, 4.69) is 32.3 Å². The van der Waals surface area contributed by atoms with Crippen LogP contribution in [0.25, 0.3) is 0 Å². The zero-order valence-corrected chi connectivity index (χ0v) is 18.1. The van der Waals surface area contributed by atoms with Gasteiger partial charge in [-0.05, 0) is 38.1 Å². The van der Waals surface area contributed by atoms with Crippen LogP contribution in [0.2, 0.25) is 0 Å². The maximum absolute atomic E-state index is 11.7. The molecule has 1 amide bonds. The van der Waals surface area contributed by atoms with Crippen LogP contribution in [0.4, 0.5) is 0 Å². The summed E-state index contributed by atoms with van der Waals surface area (Å²) in [5, 5.41) is 6.56. The summed E-state index contributed by atoms with van der Waals surface area (Å²) in [5.74, 6) is 2.03. The van der Waals surface area contributed by atoms with Crippen molar-refractivity contribution in [1.82, 2.24) is 20.4 Å². The Hall–Kier alpha value is -0.570. The normalized spacial score (nSPS) is 31.0. The lowest BCUT2D eigenvalue weighted by Crippen LogP contribution is -2.52. The molecule has 3 fully saturated rings. The molecule has 0 aliphatic carbocycles. The molecule has 7 heteroatoms. The van der Waals surface area contributed by atoms with E-state index in [1.54, 1.807) is 0 Å².